The molecule has 0 atom stereocenters. The lowest BCUT2D eigenvalue weighted by Crippen LogP contribution is -2.26. The van der Waals surface area contributed by atoms with Gasteiger partial charge >= 0.3 is 0 Å². The number of hydrogen-bond donors (Lipinski definition) is 0. The summed E-state index contributed by atoms with van der Waals surface area (Å²) in [6.07, 6.45) is 0. The molecule has 0 saturated heterocycles. The average Bonchev–Trinajstić information content (AvgIpc) is 1.52. The van der Waals surface area contributed by atoms with E-state index in [1.54, 1.807) is 0 Å². The van der Waals surface area contributed by atoms with Gasteiger partial charge < -0.3 is 27.4 Å². The van der Waals surface area contributed by atoms with Crippen LogP contribution < -0.4 is 95.5 Å². The first-order valence-electron chi connectivity index (χ1n) is 48.8. The van der Waals surface area contributed by atoms with E-state index in [4.69, 9.17) is 15.0 Å². The predicted molar refractivity (Wildman–Crippen MR) is 619 cm³/mol. The monoisotopic (exact) mass is 2000 g/mol. The van der Waals surface area contributed by atoms with E-state index in [2.05, 4.69) is 79.9 Å². The topological polar surface area (TPSA) is 154 Å². The SMILES string of the molecule is O=P(c1ccccc1)(c1ccccc1)c1ccc2c(c1)nc1c3ccccc3c3c(P(=O)(c4ccccc4)c4ccccc4)cccc3n21.O=P(c1ccccc1)(c1ccccc1)c1ccc2c(c1)nc1c3ccccc3c3cc(P(=O)(c4ccccc4)c4ccccc4)ccc3n21.O=P(c1ccccc1)(c1ccccc1)c1ccc2c(c1)nc1c3ccccc3c3ccc(P(=O)(c4ccccc4)c4ccccc4)cc3n21. The third-order valence-corrected chi connectivity index (χ3v) is 46.9. The third-order valence-electron chi connectivity index (χ3n) is 28.6. The van der Waals surface area contributed by atoms with E-state index in [0.29, 0.717) is 0 Å². The van der Waals surface area contributed by atoms with Gasteiger partial charge in [-0.25, -0.2) is 15.0 Å². The van der Waals surface area contributed by atoms with Crippen molar-refractivity contribution in [1.29, 1.82) is 0 Å². The zero-order valence-corrected chi connectivity index (χ0v) is 84.6. The summed E-state index contributed by atoms with van der Waals surface area (Å²) in [4.78, 5) is 15.7. The fourth-order valence-electron chi connectivity index (χ4n) is 21.6. The van der Waals surface area contributed by atoms with E-state index in [0.717, 1.165) is 211 Å². The molecule has 0 bridgehead atoms. The van der Waals surface area contributed by atoms with Gasteiger partial charge in [-0.2, -0.15) is 0 Å². The van der Waals surface area contributed by atoms with E-state index >= 15 is 27.4 Å². The Balaban J connectivity index is 0.000000115. The minimum absolute atomic E-state index is 0.729. The van der Waals surface area contributed by atoms with Crippen molar-refractivity contribution in [3.63, 3.8) is 0 Å². The van der Waals surface area contributed by atoms with Crippen LogP contribution in [0.15, 0.2) is 546 Å². The lowest BCUT2D eigenvalue weighted by molar-refractivity contribution is 0.591. The van der Waals surface area contributed by atoms with Gasteiger partial charge in [-0.15, -0.1) is 0 Å². The van der Waals surface area contributed by atoms with Gasteiger partial charge in [0.15, 0.2) is 42.9 Å². The molecule has 0 amide bonds. The van der Waals surface area contributed by atoms with Crippen molar-refractivity contribution in [2.75, 3.05) is 0 Å². The number of fused-ring (bicyclic) bond motifs is 24. The lowest BCUT2D eigenvalue weighted by atomic mass is 10.1. The fourth-order valence-corrected chi connectivity index (χ4v) is 37.8. The average molecular weight is 2010 g/mol. The molecule has 702 valence electrons. The minimum atomic E-state index is -3.31. The number of pyridine rings is 3. The number of nitrogens with zero attached hydrogens (tertiary/aromatic N) is 6. The summed E-state index contributed by atoms with van der Waals surface area (Å²) in [7, 11) is -19.3. The van der Waals surface area contributed by atoms with Gasteiger partial charge in [-0.05, 0) is 101 Å². The number of aromatic nitrogens is 6. The van der Waals surface area contributed by atoms with Crippen LogP contribution in [0.2, 0.25) is 0 Å². The number of rotatable bonds is 18. The molecule has 27 aromatic rings. The van der Waals surface area contributed by atoms with Crippen LogP contribution in [0.25, 0.3) is 115 Å². The molecule has 21 aromatic carbocycles. The van der Waals surface area contributed by atoms with Crippen molar-refractivity contribution in [1.82, 2.24) is 28.2 Å². The largest absolute Gasteiger partial charge is 0.309 e. The van der Waals surface area contributed by atoms with Gasteiger partial charge in [0, 0.05) is 128 Å². The zero-order chi connectivity index (χ0) is 99.0. The summed E-state index contributed by atoms with van der Waals surface area (Å²) in [6.45, 7) is 0. The molecule has 147 heavy (non-hydrogen) atoms. The molecular weight excluding hydrogens is 1920 g/mol. The Kier molecular flexibility index (Phi) is 23.4. The first-order valence-corrected chi connectivity index (χ1v) is 59.1. The highest BCUT2D eigenvalue weighted by molar-refractivity contribution is 7.87. The van der Waals surface area contributed by atoms with Crippen molar-refractivity contribution in [2.24, 2.45) is 0 Å². The van der Waals surface area contributed by atoms with Crippen molar-refractivity contribution >= 4 is 253 Å². The van der Waals surface area contributed by atoms with Crippen LogP contribution in [0.4, 0.5) is 0 Å². The normalized spacial score (nSPS) is 12.2. The molecule has 12 nitrogen and oxygen atoms in total. The second kappa shape index (κ2) is 37.5. The van der Waals surface area contributed by atoms with Crippen molar-refractivity contribution in [2.45, 2.75) is 0 Å². The predicted octanol–water partition coefficient (Wildman–Crippen LogP) is 24.2. The Bertz CT molecular complexity index is 9690. The molecule has 6 heterocycles. The maximum atomic E-state index is 15.8. The van der Waals surface area contributed by atoms with Crippen LogP contribution in [0.1, 0.15) is 0 Å². The standard InChI is InChI=1S/3C43H30N2O2P2/c46-48(31-16-5-1-6-17-31,32-18-7-2-8-19-32)35-28-29-39-38(30-35)44-43-37-25-14-13-24-36(37)42-40(45(39)43)26-15-27-41(42)49(47,33-20-9-3-10-21-33)34-22-11-4-12-23-34;46-48(31-15-5-1-6-16-31,32-17-7-2-8-18-32)35-26-28-41-40(29-35)44-43-39-24-14-13-23-37(39)38-27-25-36(30-42(38)45(41)43)49(47,33-19-9-3-10-20-33)34-21-11-4-12-22-34;46-48(31-15-5-1-6-16-31,32-17-7-2-8-18-32)35-25-27-41-39(29-35)37-23-13-14-24-38(37)43-44-40-30-36(26-28-42(40)45(41)43)49(47,33-19-9-3-10-20-33)34-21-11-4-12-22-34/h3*1-30H. The van der Waals surface area contributed by atoms with Crippen LogP contribution in [-0.2, 0) is 27.4 Å². The van der Waals surface area contributed by atoms with Gasteiger partial charge in [-0.1, -0.05) is 461 Å². The van der Waals surface area contributed by atoms with Crippen LogP contribution >= 0.6 is 42.9 Å². The fraction of sp³-hybridized carbons (Fsp3) is 0. The summed E-state index contributed by atoms with van der Waals surface area (Å²) in [5.41, 5.74) is 10.2. The number of benzene rings is 21. The lowest BCUT2D eigenvalue weighted by Gasteiger charge is -2.23. The quantitative estimate of drug-likeness (QED) is 0.0603. The Morgan fingerprint density at radius 1 is 0.136 bits per heavy atom. The first kappa shape index (κ1) is 91.6. The summed E-state index contributed by atoms with van der Waals surface area (Å²) in [5.74, 6) is 0. The Morgan fingerprint density at radius 3 is 0.653 bits per heavy atom. The van der Waals surface area contributed by atoms with Crippen molar-refractivity contribution < 1.29 is 27.4 Å². The Hall–Kier alpha value is -16.6. The molecule has 0 aliphatic rings. The van der Waals surface area contributed by atoms with E-state index in [-0.39, 0.29) is 0 Å². The molecular formula is C129H90N6O6P6. The van der Waals surface area contributed by atoms with E-state index < -0.39 is 42.9 Å². The minimum Gasteiger partial charge on any atom is -0.309 e. The Morgan fingerprint density at radius 2 is 0.354 bits per heavy atom. The van der Waals surface area contributed by atoms with Crippen LogP contribution in [0, 0.1) is 0 Å². The van der Waals surface area contributed by atoms with Gasteiger partial charge in [0.2, 0.25) is 0 Å². The molecule has 6 aromatic heterocycles. The van der Waals surface area contributed by atoms with Gasteiger partial charge in [0.25, 0.3) is 0 Å². The molecule has 0 spiro atoms. The number of imidazole rings is 3. The second-order valence-electron chi connectivity index (χ2n) is 36.7. The summed E-state index contributed by atoms with van der Waals surface area (Å²) >= 11 is 0. The van der Waals surface area contributed by atoms with Crippen molar-refractivity contribution in [3.8, 4) is 0 Å². The highest BCUT2D eigenvalue weighted by Crippen LogP contribution is 2.52. The van der Waals surface area contributed by atoms with Crippen LogP contribution in [0.5, 0.6) is 0 Å². The highest BCUT2D eigenvalue weighted by Gasteiger charge is 2.39. The van der Waals surface area contributed by atoms with E-state index in [1.807, 2.05) is 479 Å². The second-order valence-corrected chi connectivity index (χ2v) is 53.3. The zero-order valence-electron chi connectivity index (χ0n) is 79.3. The van der Waals surface area contributed by atoms with Gasteiger partial charge in [0.1, 0.15) is 16.9 Å². The molecule has 0 aliphatic carbocycles. The summed E-state index contributed by atoms with van der Waals surface area (Å²) in [5, 5.41) is 23.0. The van der Waals surface area contributed by atoms with Gasteiger partial charge in [-0.3, -0.25) is 13.2 Å². The molecule has 0 radical (unpaired) electrons. The molecule has 0 unspecified atom stereocenters. The van der Waals surface area contributed by atoms with E-state index in [9.17, 15) is 0 Å². The van der Waals surface area contributed by atoms with Crippen molar-refractivity contribution in [3.05, 3.63) is 546 Å². The summed E-state index contributed by atoms with van der Waals surface area (Å²) in [6, 6.07) is 178. The molecule has 0 saturated carbocycles. The van der Waals surface area contributed by atoms with Gasteiger partial charge in [0.05, 0.1) is 49.7 Å². The number of hydrogen-bond acceptors (Lipinski definition) is 9. The Labute approximate surface area is 848 Å². The molecule has 0 aliphatic heterocycles. The highest BCUT2D eigenvalue weighted by atomic mass is 31.2. The first-order chi connectivity index (χ1) is 72.2. The smallest absolute Gasteiger partial charge is 0.171 e. The maximum absolute atomic E-state index is 15.8. The summed E-state index contributed by atoms with van der Waals surface area (Å²) < 4.78 is 98.8. The van der Waals surface area contributed by atoms with E-state index in [1.165, 1.54) is 0 Å². The molecule has 0 N–H and O–H groups in total. The molecule has 0 fully saturated rings. The third kappa shape index (κ3) is 15.2. The maximum Gasteiger partial charge on any atom is 0.171 e. The van der Waals surface area contributed by atoms with Crippen LogP contribution in [-0.4, -0.2) is 28.2 Å². The molecule has 27 rings (SSSR count). The molecule has 18 heteroatoms. The van der Waals surface area contributed by atoms with Crippen LogP contribution in [0.3, 0.4) is 0 Å².